The maximum Gasteiger partial charge on any atom is 0.274 e. The van der Waals surface area contributed by atoms with Gasteiger partial charge in [-0.15, -0.1) is 0 Å². The van der Waals surface area contributed by atoms with Crippen LogP contribution in [0.1, 0.15) is 16.9 Å². The minimum absolute atomic E-state index is 0.304. The van der Waals surface area contributed by atoms with Crippen LogP contribution in [-0.2, 0) is 4.74 Å². The maximum absolute atomic E-state index is 12.2. The number of halogens is 1. The Balaban J connectivity index is 1.93. The monoisotopic (exact) mass is 349 g/mol. The van der Waals surface area contributed by atoms with E-state index < -0.39 is 0 Å². The molecule has 1 amide bonds. The predicted octanol–water partition coefficient (Wildman–Crippen LogP) is 3.44. The third kappa shape index (κ3) is 5.11. The number of hydrogen-bond acceptors (Lipinski definition) is 5. The molecule has 1 aromatic carbocycles. The van der Waals surface area contributed by atoms with Crippen molar-refractivity contribution in [3.05, 3.63) is 47.2 Å². The second kappa shape index (κ2) is 9.10. The van der Waals surface area contributed by atoms with Gasteiger partial charge in [0.25, 0.3) is 5.91 Å². The van der Waals surface area contributed by atoms with Crippen molar-refractivity contribution in [1.82, 2.24) is 4.98 Å². The largest absolute Gasteiger partial charge is 0.495 e. The van der Waals surface area contributed by atoms with Gasteiger partial charge in [-0.1, -0.05) is 11.6 Å². The van der Waals surface area contributed by atoms with E-state index in [2.05, 4.69) is 15.6 Å². The minimum atomic E-state index is -0.304. The third-order valence-corrected chi connectivity index (χ3v) is 3.56. The van der Waals surface area contributed by atoms with Crippen molar-refractivity contribution in [1.29, 1.82) is 0 Å². The van der Waals surface area contributed by atoms with Crippen molar-refractivity contribution in [3.63, 3.8) is 0 Å². The lowest BCUT2D eigenvalue weighted by atomic mass is 10.2. The standard InChI is InChI=1S/C17H20ClN3O3/c1-23-9-3-8-19-13-4-6-15(20-11-13)17(22)21-12-5-7-16(24-2)14(18)10-12/h4-7,10-11,19H,3,8-9H2,1-2H3,(H,21,22). The van der Waals surface area contributed by atoms with Gasteiger partial charge in [-0.05, 0) is 36.8 Å². The van der Waals surface area contributed by atoms with Crippen molar-refractivity contribution in [2.75, 3.05) is 38.0 Å². The van der Waals surface area contributed by atoms with Crippen molar-refractivity contribution in [2.24, 2.45) is 0 Å². The van der Waals surface area contributed by atoms with Crippen molar-refractivity contribution >= 4 is 28.9 Å². The molecule has 0 radical (unpaired) electrons. The highest BCUT2D eigenvalue weighted by atomic mass is 35.5. The second-order valence-corrected chi connectivity index (χ2v) is 5.42. The zero-order valence-corrected chi connectivity index (χ0v) is 14.4. The van der Waals surface area contributed by atoms with Gasteiger partial charge >= 0.3 is 0 Å². The normalized spacial score (nSPS) is 10.3. The summed E-state index contributed by atoms with van der Waals surface area (Å²) in [4.78, 5) is 16.4. The van der Waals surface area contributed by atoms with Crippen LogP contribution in [0.5, 0.6) is 5.75 Å². The molecule has 0 bridgehead atoms. The first-order chi connectivity index (χ1) is 11.6. The summed E-state index contributed by atoms with van der Waals surface area (Å²) in [5.74, 6) is 0.249. The molecule has 1 aromatic heterocycles. The molecule has 0 aliphatic heterocycles. The molecule has 0 saturated heterocycles. The molecule has 2 N–H and O–H groups in total. The number of amides is 1. The van der Waals surface area contributed by atoms with E-state index in [1.807, 2.05) is 6.07 Å². The predicted molar refractivity (Wildman–Crippen MR) is 95.2 cm³/mol. The average molecular weight is 350 g/mol. The summed E-state index contributed by atoms with van der Waals surface area (Å²) >= 11 is 6.04. The number of nitrogens with zero attached hydrogens (tertiary/aromatic N) is 1. The maximum atomic E-state index is 12.2. The Kier molecular flexibility index (Phi) is 6.84. The van der Waals surface area contributed by atoms with Crippen molar-refractivity contribution < 1.29 is 14.3 Å². The van der Waals surface area contributed by atoms with E-state index in [0.29, 0.717) is 28.8 Å². The van der Waals surface area contributed by atoms with Crippen LogP contribution < -0.4 is 15.4 Å². The molecule has 2 aromatic rings. The number of nitrogens with one attached hydrogen (secondary N) is 2. The van der Waals surface area contributed by atoms with Crippen LogP contribution in [0, 0.1) is 0 Å². The van der Waals surface area contributed by atoms with E-state index in [1.54, 1.807) is 37.6 Å². The first-order valence-corrected chi connectivity index (χ1v) is 7.85. The number of benzene rings is 1. The van der Waals surface area contributed by atoms with E-state index in [9.17, 15) is 4.79 Å². The lowest BCUT2D eigenvalue weighted by molar-refractivity contribution is 0.102. The lowest BCUT2D eigenvalue weighted by Gasteiger charge is -2.09. The van der Waals surface area contributed by atoms with Gasteiger partial charge in [-0.3, -0.25) is 4.79 Å². The molecule has 0 saturated carbocycles. The van der Waals surface area contributed by atoms with Crippen molar-refractivity contribution in [3.8, 4) is 5.75 Å². The number of methoxy groups -OCH3 is 2. The topological polar surface area (TPSA) is 72.5 Å². The van der Waals surface area contributed by atoms with Crippen LogP contribution in [0.3, 0.4) is 0 Å². The summed E-state index contributed by atoms with van der Waals surface area (Å²) in [6, 6.07) is 8.52. The fraction of sp³-hybridized carbons (Fsp3) is 0.294. The van der Waals surface area contributed by atoms with E-state index in [4.69, 9.17) is 21.1 Å². The summed E-state index contributed by atoms with van der Waals surface area (Å²) in [5.41, 5.74) is 1.76. The van der Waals surface area contributed by atoms with Crippen LogP contribution in [-0.4, -0.2) is 38.3 Å². The SMILES string of the molecule is COCCCNc1ccc(C(=O)Nc2ccc(OC)c(Cl)c2)nc1. The Labute approximate surface area is 146 Å². The minimum Gasteiger partial charge on any atom is -0.495 e. The van der Waals surface area contributed by atoms with E-state index >= 15 is 0 Å². The zero-order chi connectivity index (χ0) is 17.4. The highest BCUT2D eigenvalue weighted by molar-refractivity contribution is 6.32. The molecule has 7 heteroatoms. The van der Waals surface area contributed by atoms with Gasteiger partial charge in [0.1, 0.15) is 11.4 Å². The highest BCUT2D eigenvalue weighted by Gasteiger charge is 2.09. The molecule has 0 unspecified atom stereocenters. The first-order valence-electron chi connectivity index (χ1n) is 7.48. The summed E-state index contributed by atoms with van der Waals surface area (Å²) in [6.45, 7) is 1.48. The van der Waals surface area contributed by atoms with Gasteiger partial charge < -0.3 is 20.1 Å². The Hall–Kier alpha value is -2.31. The molecule has 2 rings (SSSR count). The first kappa shape index (κ1) is 18.0. The Bertz CT molecular complexity index is 677. The zero-order valence-electron chi connectivity index (χ0n) is 13.6. The molecular formula is C17H20ClN3O3. The number of carbonyl (C=O) groups excluding carboxylic acids is 1. The van der Waals surface area contributed by atoms with E-state index in [-0.39, 0.29) is 5.91 Å². The van der Waals surface area contributed by atoms with Gasteiger partial charge in [0.05, 0.1) is 24.0 Å². The Morgan fingerprint density at radius 2 is 2.00 bits per heavy atom. The average Bonchev–Trinajstić information content (AvgIpc) is 2.59. The molecule has 24 heavy (non-hydrogen) atoms. The lowest BCUT2D eigenvalue weighted by Crippen LogP contribution is -2.14. The molecule has 0 spiro atoms. The van der Waals surface area contributed by atoms with Crippen LogP contribution in [0.4, 0.5) is 11.4 Å². The van der Waals surface area contributed by atoms with Gasteiger partial charge in [0.15, 0.2) is 0 Å². The van der Waals surface area contributed by atoms with Crippen LogP contribution >= 0.6 is 11.6 Å². The van der Waals surface area contributed by atoms with Crippen LogP contribution in [0.2, 0.25) is 5.02 Å². The third-order valence-electron chi connectivity index (χ3n) is 3.26. The number of carbonyl (C=O) groups is 1. The summed E-state index contributed by atoms with van der Waals surface area (Å²) in [6.07, 6.45) is 2.53. The molecule has 0 fully saturated rings. The Morgan fingerprint density at radius 1 is 1.21 bits per heavy atom. The number of pyridine rings is 1. The van der Waals surface area contributed by atoms with Crippen LogP contribution in [0.15, 0.2) is 36.5 Å². The van der Waals surface area contributed by atoms with Crippen LogP contribution in [0.25, 0.3) is 0 Å². The number of ether oxygens (including phenoxy) is 2. The van der Waals surface area contributed by atoms with Gasteiger partial charge in [0, 0.05) is 25.9 Å². The summed E-state index contributed by atoms with van der Waals surface area (Å²) < 4.78 is 10.1. The molecule has 0 atom stereocenters. The number of hydrogen-bond donors (Lipinski definition) is 2. The molecule has 0 aliphatic rings. The molecule has 0 aliphatic carbocycles. The van der Waals surface area contributed by atoms with E-state index in [1.165, 1.54) is 7.11 Å². The Morgan fingerprint density at radius 3 is 2.62 bits per heavy atom. The molecule has 6 nitrogen and oxygen atoms in total. The quantitative estimate of drug-likeness (QED) is 0.714. The summed E-state index contributed by atoms with van der Waals surface area (Å²) in [5, 5.41) is 6.39. The number of aromatic nitrogens is 1. The second-order valence-electron chi connectivity index (χ2n) is 5.01. The number of anilines is 2. The molecular weight excluding hydrogens is 330 g/mol. The number of rotatable bonds is 8. The summed E-state index contributed by atoms with van der Waals surface area (Å²) in [7, 11) is 3.21. The fourth-order valence-electron chi connectivity index (χ4n) is 2.02. The van der Waals surface area contributed by atoms with Crippen molar-refractivity contribution in [2.45, 2.75) is 6.42 Å². The van der Waals surface area contributed by atoms with E-state index in [0.717, 1.165) is 18.7 Å². The van der Waals surface area contributed by atoms with Gasteiger partial charge in [-0.25, -0.2) is 4.98 Å². The fourth-order valence-corrected chi connectivity index (χ4v) is 2.28. The highest BCUT2D eigenvalue weighted by Crippen LogP contribution is 2.27. The van der Waals surface area contributed by atoms with Gasteiger partial charge in [-0.2, -0.15) is 0 Å². The van der Waals surface area contributed by atoms with Gasteiger partial charge in [0.2, 0.25) is 0 Å². The molecule has 1 heterocycles. The smallest absolute Gasteiger partial charge is 0.274 e. The molecule has 128 valence electrons.